The molecule has 1 saturated heterocycles. The van der Waals surface area contributed by atoms with Crippen LogP contribution in [0, 0.1) is 0 Å². The SMILES string of the molecule is N[C@@H]1CCCN(c2ccncn2)C1. The second-order valence-electron chi connectivity index (χ2n) is 3.42. The highest BCUT2D eigenvalue weighted by atomic mass is 15.2. The number of hydrogen-bond acceptors (Lipinski definition) is 4. The predicted molar refractivity (Wildman–Crippen MR) is 51.5 cm³/mol. The highest BCUT2D eigenvalue weighted by Gasteiger charge is 2.17. The molecule has 1 aliphatic heterocycles. The quantitative estimate of drug-likeness (QED) is 0.676. The van der Waals surface area contributed by atoms with E-state index in [1.165, 1.54) is 0 Å². The van der Waals surface area contributed by atoms with E-state index in [9.17, 15) is 0 Å². The Balaban J connectivity index is 2.08. The summed E-state index contributed by atoms with van der Waals surface area (Å²) >= 11 is 0. The summed E-state index contributed by atoms with van der Waals surface area (Å²) in [5.41, 5.74) is 5.88. The summed E-state index contributed by atoms with van der Waals surface area (Å²) in [6.45, 7) is 1.97. The van der Waals surface area contributed by atoms with Crippen LogP contribution in [0.5, 0.6) is 0 Å². The van der Waals surface area contributed by atoms with Crippen LogP contribution in [0.15, 0.2) is 18.6 Å². The van der Waals surface area contributed by atoms with Crippen LogP contribution in [0.1, 0.15) is 12.8 Å². The predicted octanol–water partition coefficient (Wildman–Crippen LogP) is 0.404. The van der Waals surface area contributed by atoms with Crippen LogP contribution < -0.4 is 10.6 Å². The Labute approximate surface area is 77.8 Å². The van der Waals surface area contributed by atoms with E-state index in [0.717, 1.165) is 31.7 Å². The lowest BCUT2D eigenvalue weighted by atomic mass is 10.1. The zero-order valence-corrected chi connectivity index (χ0v) is 7.56. The van der Waals surface area contributed by atoms with Crippen molar-refractivity contribution >= 4 is 5.82 Å². The lowest BCUT2D eigenvalue weighted by molar-refractivity contribution is 0.503. The molecule has 1 aromatic rings. The van der Waals surface area contributed by atoms with Gasteiger partial charge in [0.2, 0.25) is 0 Å². The standard InChI is InChI=1S/C9H14N4/c10-8-2-1-5-13(6-8)9-3-4-11-7-12-9/h3-4,7-8H,1-2,5-6,10H2/t8-/m1/s1. The molecule has 0 bridgehead atoms. The van der Waals surface area contributed by atoms with Crippen molar-refractivity contribution in [3.8, 4) is 0 Å². The highest BCUT2D eigenvalue weighted by molar-refractivity contribution is 5.37. The molecule has 0 radical (unpaired) electrons. The molecule has 2 rings (SSSR count). The number of anilines is 1. The van der Waals surface area contributed by atoms with Crippen molar-refractivity contribution in [1.82, 2.24) is 9.97 Å². The minimum Gasteiger partial charge on any atom is -0.355 e. The topological polar surface area (TPSA) is 55.0 Å². The van der Waals surface area contributed by atoms with Crippen LogP contribution in [0.25, 0.3) is 0 Å². The Morgan fingerprint density at radius 2 is 2.46 bits per heavy atom. The number of nitrogens with zero attached hydrogens (tertiary/aromatic N) is 3. The molecule has 1 aliphatic rings. The third-order valence-electron chi connectivity index (χ3n) is 2.35. The van der Waals surface area contributed by atoms with Crippen molar-refractivity contribution in [3.05, 3.63) is 18.6 Å². The van der Waals surface area contributed by atoms with E-state index >= 15 is 0 Å². The number of aromatic nitrogens is 2. The van der Waals surface area contributed by atoms with Crippen LogP contribution in [-0.4, -0.2) is 29.1 Å². The molecule has 4 nitrogen and oxygen atoms in total. The van der Waals surface area contributed by atoms with Crippen molar-refractivity contribution in [2.75, 3.05) is 18.0 Å². The second-order valence-corrected chi connectivity index (χ2v) is 3.42. The fourth-order valence-electron chi connectivity index (χ4n) is 1.69. The molecule has 1 fully saturated rings. The zero-order valence-electron chi connectivity index (χ0n) is 7.56. The third-order valence-corrected chi connectivity index (χ3v) is 2.35. The summed E-state index contributed by atoms with van der Waals surface area (Å²) < 4.78 is 0. The minimum atomic E-state index is 0.295. The van der Waals surface area contributed by atoms with E-state index in [1.807, 2.05) is 6.07 Å². The van der Waals surface area contributed by atoms with Crippen LogP contribution in [0.2, 0.25) is 0 Å². The van der Waals surface area contributed by atoms with Gasteiger partial charge in [-0.2, -0.15) is 0 Å². The van der Waals surface area contributed by atoms with Crippen molar-refractivity contribution in [1.29, 1.82) is 0 Å². The molecular weight excluding hydrogens is 164 g/mol. The summed E-state index contributed by atoms with van der Waals surface area (Å²) in [6.07, 6.45) is 5.63. The molecule has 2 N–H and O–H groups in total. The van der Waals surface area contributed by atoms with Gasteiger partial charge in [-0.15, -0.1) is 0 Å². The van der Waals surface area contributed by atoms with Crippen molar-refractivity contribution in [3.63, 3.8) is 0 Å². The van der Waals surface area contributed by atoms with Gasteiger partial charge in [0.05, 0.1) is 0 Å². The first-order valence-corrected chi connectivity index (χ1v) is 4.63. The Hall–Kier alpha value is -1.16. The minimum absolute atomic E-state index is 0.295. The van der Waals surface area contributed by atoms with Crippen molar-refractivity contribution in [2.24, 2.45) is 5.73 Å². The molecule has 2 heterocycles. The van der Waals surface area contributed by atoms with Gasteiger partial charge in [0, 0.05) is 25.3 Å². The van der Waals surface area contributed by atoms with Gasteiger partial charge in [0.25, 0.3) is 0 Å². The first-order valence-electron chi connectivity index (χ1n) is 4.63. The smallest absolute Gasteiger partial charge is 0.131 e. The molecular formula is C9H14N4. The maximum Gasteiger partial charge on any atom is 0.131 e. The summed E-state index contributed by atoms with van der Waals surface area (Å²) in [5.74, 6) is 0.991. The molecule has 0 saturated carbocycles. The van der Waals surface area contributed by atoms with Gasteiger partial charge in [0.1, 0.15) is 12.1 Å². The largest absolute Gasteiger partial charge is 0.355 e. The molecule has 4 heteroatoms. The van der Waals surface area contributed by atoms with Crippen LogP contribution in [-0.2, 0) is 0 Å². The monoisotopic (exact) mass is 178 g/mol. The second kappa shape index (κ2) is 3.70. The van der Waals surface area contributed by atoms with E-state index in [2.05, 4.69) is 14.9 Å². The maximum absolute atomic E-state index is 5.88. The fraction of sp³-hybridized carbons (Fsp3) is 0.556. The van der Waals surface area contributed by atoms with Crippen LogP contribution >= 0.6 is 0 Å². The molecule has 1 atom stereocenters. The summed E-state index contributed by atoms with van der Waals surface area (Å²) in [6, 6.07) is 2.22. The van der Waals surface area contributed by atoms with E-state index < -0.39 is 0 Å². The van der Waals surface area contributed by atoms with E-state index in [-0.39, 0.29) is 0 Å². The Bertz CT molecular complexity index is 262. The molecule has 1 aromatic heterocycles. The van der Waals surface area contributed by atoms with Crippen molar-refractivity contribution < 1.29 is 0 Å². The van der Waals surface area contributed by atoms with Gasteiger partial charge in [0.15, 0.2) is 0 Å². The van der Waals surface area contributed by atoms with Gasteiger partial charge in [-0.05, 0) is 18.9 Å². The molecule has 70 valence electrons. The molecule has 0 unspecified atom stereocenters. The number of hydrogen-bond donors (Lipinski definition) is 1. The summed E-state index contributed by atoms with van der Waals surface area (Å²) in [7, 11) is 0. The molecule has 0 spiro atoms. The Kier molecular flexibility index (Phi) is 2.40. The van der Waals surface area contributed by atoms with Gasteiger partial charge in [-0.1, -0.05) is 0 Å². The fourth-order valence-corrected chi connectivity index (χ4v) is 1.69. The number of piperidine rings is 1. The average Bonchev–Trinajstić information content (AvgIpc) is 2.19. The molecule has 0 aromatic carbocycles. The van der Waals surface area contributed by atoms with Crippen LogP contribution in [0.3, 0.4) is 0 Å². The third kappa shape index (κ3) is 1.95. The van der Waals surface area contributed by atoms with E-state index in [1.54, 1.807) is 12.5 Å². The zero-order chi connectivity index (χ0) is 9.10. The molecule has 0 amide bonds. The molecule has 13 heavy (non-hydrogen) atoms. The lowest BCUT2D eigenvalue weighted by Crippen LogP contribution is -2.43. The first kappa shape index (κ1) is 8.44. The average molecular weight is 178 g/mol. The Morgan fingerprint density at radius 3 is 3.15 bits per heavy atom. The summed E-state index contributed by atoms with van der Waals surface area (Å²) in [5, 5.41) is 0. The lowest BCUT2D eigenvalue weighted by Gasteiger charge is -2.31. The number of rotatable bonds is 1. The number of nitrogens with two attached hydrogens (primary N) is 1. The maximum atomic E-state index is 5.88. The first-order chi connectivity index (χ1) is 6.36. The van der Waals surface area contributed by atoms with Crippen molar-refractivity contribution in [2.45, 2.75) is 18.9 Å². The normalized spacial score (nSPS) is 23.2. The van der Waals surface area contributed by atoms with Crippen LogP contribution in [0.4, 0.5) is 5.82 Å². The van der Waals surface area contributed by atoms with Gasteiger partial charge < -0.3 is 10.6 Å². The van der Waals surface area contributed by atoms with Gasteiger partial charge in [-0.25, -0.2) is 9.97 Å². The Morgan fingerprint density at radius 1 is 1.54 bits per heavy atom. The highest BCUT2D eigenvalue weighted by Crippen LogP contribution is 2.15. The van der Waals surface area contributed by atoms with Gasteiger partial charge in [-0.3, -0.25) is 0 Å². The van der Waals surface area contributed by atoms with E-state index in [0.29, 0.717) is 6.04 Å². The molecule has 0 aliphatic carbocycles. The van der Waals surface area contributed by atoms with E-state index in [4.69, 9.17) is 5.73 Å². The van der Waals surface area contributed by atoms with Gasteiger partial charge >= 0.3 is 0 Å². The summed E-state index contributed by atoms with van der Waals surface area (Å²) in [4.78, 5) is 10.3.